The summed E-state index contributed by atoms with van der Waals surface area (Å²) >= 11 is 0. The first-order valence-electron chi connectivity index (χ1n) is 6.68. The third kappa shape index (κ3) is 2.11. The average molecular weight is 259 g/mol. The number of fused-ring (bicyclic) bond motifs is 1. The predicted molar refractivity (Wildman–Crippen MR) is 69.4 cm³/mol. The molecule has 4 heteroatoms. The van der Waals surface area contributed by atoms with Gasteiger partial charge in [-0.3, -0.25) is 4.79 Å². The van der Waals surface area contributed by atoms with Gasteiger partial charge in [-0.05, 0) is 23.5 Å². The van der Waals surface area contributed by atoms with Crippen molar-refractivity contribution < 1.29 is 14.7 Å². The summed E-state index contributed by atoms with van der Waals surface area (Å²) in [5, 5.41) is 9.36. The molecule has 3 atom stereocenters. The summed E-state index contributed by atoms with van der Waals surface area (Å²) in [6.45, 7) is 2.46. The number of aliphatic carboxylic acids is 1. The number of hydrogen-bond donors (Lipinski definition) is 1. The van der Waals surface area contributed by atoms with E-state index in [4.69, 9.17) is 0 Å². The highest BCUT2D eigenvalue weighted by molar-refractivity contribution is 5.87. The number of nitrogens with zero attached hydrogens (tertiary/aromatic N) is 1. The molecule has 1 fully saturated rings. The Kier molecular flexibility index (Phi) is 2.81. The molecule has 4 nitrogen and oxygen atoms in total. The summed E-state index contributed by atoms with van der Waals surface area (Å²) in [5.74, 6) is -0.461. The van der Waals surface area contributed by atoms with Gasteiger partial charge in [0.05, 0.1) is 0 Å². The number of carboxylic acid groups (broad SMARTS) is 1. The standard InChI is InChI=1S/C15H17NO3/c1-9-6-12(9)14(17)16-8-11-5-3-2-4-10(11)7-13(16)15(18)19/h2-5,9,12-13H,6-8H2,1H3,(H,18,19). The Hall–Kier alpha value is -1.84. The number of carbonyl (C=O) groups excluding carboxylic acids is 1. The van der Waals surface area contributed by atoms with Crippen LogP contribution in [0.3, 0.4) is 0 Å². The zero-order chi connectivity index (χ0) is 13.6. The van der Waals surface area contributed by atoms with Crippen LogP contribution >= 0.6 is 0 Å². The normalized spacial score (nSPS) is 28.7. The smallest absolute Gasteiger partial charge is 0.326 e. The van der Waals surface area contributed by atoms with Crippen molar-refractivity contribution in [1.82, 2.24) is 4.90 Å². The van der Waals surface area contributed by atoms with Gasteiger partial charge >= 0.3 is 5.97 Å². The molecular weight excluding hydrogens is 242 g/mol. The zero-order valence-electron chi connectivity index (χ0n) is 10.9. The van der Waals surface area contributed by atoms with Gasteiger partial charge in [-0.2, -0.15) is 0 Å². The molecule has 0 saturated heterocycles. The fourth-order valence-electron chi connectivity index (χ4n) is 2.85. The monoisotopic (exact) mass is 259 g/mol. The first-order chi connectivity index (χ1) is 9.08. The Balaban J connectivity index is 1.89. The third-order valence-corrected chi connectivity index (χ3v) is 4.24. The van der Waals surface area contributed by atoms with E-state index in [1.54, 1.807) is 4.90 Å². The zero-order valence-corrected chi connectivity index (χ0v) is 10.9. The molecule has 1 amide bonds. The Morgan fingerprint density at radius 1 is 1.26 bits per heavy atom. The van der Waals surface area contributed by atoms with Gasteiger partial charge < -0.3 is 10.0 Å². The van der Waals surface area contributed by atoms with Gasteiger partial charge in [-0.15, -0.1) is 0 Å². The second kappa shape index (κ2) is 4.37. The van der Waals surface area contributed by atoms with E-state index in [0.29, 0.717) is 18.9 Å². The van der Waals surface area contributed by atoms with Gasteiger partial charge in [-0.1, -0.05) is 31.2 Å². The van der Waals surface area contributed by atoms with Crippen molar-refractivity contribution in [2.24, 2.45) is 11.8 Å². The molecule has 1 aliphatic heterocycles. The van der Waals surface area contributed by atoms with Crippen LogP contribution < -0.4 is 0 Å². The van der Waals surface area contributed by atoms with E-state index < -0.39 is 12.0 Å². The highest BCUT2D eigenvalue weighted by atomic mass is 16.4. The van der Waals surface area contributed by atoms with Crippen LogP contribution in [0, 0.1) is 11.8 Å². The molecule has 0 spiro atoms. The maximum atomic E-state index is 12.4. The molecule has 100 valence electrons. The molecule has 19 heavy (non-hydrogen) atoms. The van der Waals surface area contributed by atoms with Crippen LogP contribution in [0.15, 0.2) is 24.3 Å². The number of carboxylic acids is 1. The summed E-state index contributed by atoms with van der Waals surface area (Å²) in [7, 11) is 0. The van der Waals surface area contributed by atoms with E-state index in [2.05, 4.69) is 0 Å². The lowest BCUT2D eigenvalue weighted by atomic mass is 9.93. The highest BCUT2D eigenvalue weighted by Gasteiger charge is 2.45. The Morgan fingerprint density at radius 2 is 1.89 bits per heavy atom. The molecule has 0 radical (unpaired) electrons. The predicted octanol–water partition coefficient (Wildman–Crippen LogP) is 1.68. The van der Waals surface area contributed by atoms with E-state index >= 15 is 0 Å². The van der Waals surface area contributed by atoms with E-state index in [-0.39, 0.29) is 11.8 Å². The first kappa shape index (κ1) is 12.2. The molecule has 1 aromatic carbocycles. The fraction of sp³-hybridized carbons (Fsp3) is 0.467. The summed E-state index contributed by atoms with van der Waals surface area (Å²) in [5.41, 5.74) is 2.12. The van der Waals surface area contributed by atoms with E-state index in [1.165, 1.54) is 0 Å². The molecule has 3 rings (SSSR count). The minimum atomic E-state index is -0.906. The fourth-order valence-corrected chi connectivity index (χ4v) is 2.85. The topological polar surface area (TPSA) is 57.6 Å². The van der Waals surface area contributed by atoms with Crippen LogP contribution in [-0.2, 0) is 22.6 Å². The molecule has 2 aliphatic rings. The Labute approximate surface area is 112 Å². The van der Waals surface area contributed by atoms with Crippen LogP contribution in [0.1, 0.15) is 24.5 Å². The summed E-state index contributed by atoms with van der Waals surface area (Å²) in [6, 6.07) is 7.06. The average Bonchev–Trinajstić information content (AvgIpc) is 3.13. The molecular formula is C15H17NO3. The number of amides is 1. The molecule has 1 aliphatic carbocycles. The second-order valence-electron chi connectivity index (χ2n) is 5.61. The quantitative estimate of drug-likeness (QED) is 0.879. The van der Waals surface area contributed by atoms with Gasteiger partial charge in [-0.25, -0.2) is 4.79 Å². The molecule has 1 N–H and O–H groups in total. The maximum absolute atomic E-state index is 12.4. The Morgan fingerprint density at radius 3 is 2.47 bits per heavy atom. The van der Waals surface area contributed by atoms with Crippen molar-refractivity contribution in [1.29, 1.82) is 0 Å². The molecule has 3 unspecified atom stereocenters. The van der Waals surface area contributed by atoms with Crippen molar-refractivity contribution in [2.75, 3.05) is 0 Å². The highest BCUT2D eigenvalue weighted by Crippen LogP contribution is 2.40. The largest absolute Gasteiger partial charge is 0.480 e. The lowest BCUT2D eigenvalue weighted by molar-refractivity contribution is -0.152. The first-order valence-corrected chi connectivity index (χ1v) is 6.68. The van der Waals surface area contributed by atoms with Gasteiger partial charge in [0, 0.05) is 18.9 Å². The van der Waals surface area contributed by atoms with Crippen molar-refractivity contribution >= 4 is 11.9 Å². The maximum Gasteiger partial charge on any atom is 0.326 e. The van der Waals surface area contributed by atoms with Crippen LogP contribution in [0.2, 0.25) is 0 Å². The van der Waals surface area contributed by atoms with E-state index in [1.807, 2.05) is 31.2 Å². The minimum Gasteiger partial charge on any atom is -0.480 e. The van der Waals surface area contributed by atoms with Gasteiger partial charge in [0.25, 0.3) is 0 Å². The number of rotatable bonds is 2. The SMILES string of the molecule is CC1CC1C(=O)N1Cc2ccccc2CC1C(=O)O. The third-order valence-electron chi connectivity index (χ3n) is 4.24. The lowest BCUT2D eigenvalue weighted by Gasteiger charge is -2.34. The van der Waals surface area contributed by atoms with Crippen LogP contribution in [0.5, 0.6) is 0 Å². The van der Waals surface area contributed by atoms with Crippen LogP contribution in [0.25, 0.3) is 0 Å². The van der Waals surface area contributed by atoms with Crippen molar-refractivity contribution in [3.05, 3.63) is 35.4 Å². The lowest BCUT2D eigenvalue weighted by Crippen LogP contribution is -2.49. The van der Waals surface area contributed by atoms with E-state index in [0.717, 1.165) is 17.5 Å². The number of carbonyl (C=O) groups is 2. The molecule has 0 aromatic heterocycles. The van der Waals surface area contributed by atoms with Gasteiger partial charge in [0.2, 0.25) is 5.91 Å². The van der Waals surface area contributed by atoms with E-state index in [9.17, 15) is 14.7 Å². The van der Waals surface area contributed by atoms with Gasteiger partial charge in [0.15, 0.2) is 0 Å². The summed E-state index contributed by atoms with van der Waals surface area (Å²) in [4.78, 5) is 25.3. The van der Waals surface area contributed by atoms with Crippen molar-refractivity contribution in [2.45, 2.75) is 32.4 Å². The molecule has 1 heterocycles. The summed E-state index contributed by atoms with van der Waals surface area (Å²) < 4.78 is 0. The van der Waals surface area contributed by atoms with Crippen LogP contribution in [0.4, 0.5) is 0 Å². The van der Waals surface area contributed by atoms with Crippen molar-refractivity contribution in [3.63, 3.8) is 0 Å². The van der Waals surface area contributed by atoms with Gasteiger partial charge in [0.1, 0.15) is 6.04 Å². The molecule has 1 saturated carbocycles. The summed E-state index contributed by atoms with van der Waals surface area (Å²) in [6.07, 6.45) is 1.31. The Bertz CT molecular complexity index is 540. The van der Waals surface area contributed by atoms with Crippen molar-refractivity contribution in [3.8, 4) is 0 Å². The second-order valence-corrected chi connectivity index (χ2v) is 5.61. The minimum absolute atomic E-state index is 0.00871. The van der Waals surface area contributed by atoms with Crippen LogP contribution in [-0.4, -0.2) is 27.9 Å². The number of benzene rings is 1. The molecule has 1 aromatic rings. The number of hydrogen-bond acceptors (Lipinski definition) is 2. The molecule has 0 bridgehead atoms.